The van der Waals surface area contributed by atoms with Gasteiger partial charge in [-0.1, -0.05) is 59.6 Å². The molecule has 0 unspecified atom stereocenters. The van der Waals surface area contributed by atoms with Crippen LogP contribution in [0.25, 0.3) is 0 Å². The number of imide groups is 1. The highest BCUT2D eigenvalue weighted by Crippen LogP contribution is 2.45. The molecule has 5 nitrogen and oxygen atoms in total. The number of halogens is 2. The topological polar surface area (TPSA) is 66.5 Å². The fraction of sp³-hybridized carbons (Fsp3) is 0.222. The third-order valence-corrected chi connectivity index (χ3v) is 7.60. The van der Waals surface area contributed by atoms with Crippen molar-refractivity contribution in [3.05, 3.63) is 94.0 Å². The van der Waals surface area contributed by atoms with Crippen LogP contribution in [0.15, 0.2) is 72.8 Å². The van der Waals surface area contributed by atoms with Crippen LogP contribution in [-0.4, -0.2) is 17.7 Å². The highest BCUT2D eigenvalue weighted by atomic mass is 35.5. The lowest BCUT2D eigenvalue weighted by atomic mass is 9.73. The molecule has 2 aliphatic rings. The molecule has 1 aliphatic heterocycles. The number of carbonyl (C=O) groups excluding carboxylic acids is 3. The lowest BCUT2D eigenvalue weighted by Crippen LogP contribution is -2.30. The first kappa shape index (κ1) is 22.6. The summed E-state index contributed by atoms with van der Waals surface area (Å²) in [6.45, 7) is 0. The summed E-state index contributed by atoms with van der Waals surface area (Å²) in [6, 6.07) is 21.6. The fourth-order valence-electron chi connectivity index (χ4n) is 5.02. The fourth-order valence-corrected chi connectivity index (χ4v) is 5.37. The van der Waals surface area contributed by atoms with Crippen LogP contribution >= 0.6 is 23.2 Å². The molecular formula is C27H22Cl2N2O3. The van der Waals surface area contributed by atoms with Crippen LogP contribution in [0.3, 0.4) is 0 Å². The summed E-state index contributed by atoms with van der Waals surface area (Å²) >= 11 is 12.2. The smallest absolute Gasteiger partial charge is 0.255 e. The third kappa shape index (κ3) is 4.10. The molecule has 172 valence electrons. The van der Waals surface area contributed by atoms with Gasteiger partial charge in [0.15, 0.2) is 0 Å². The molecule has 1 saturated carbocycles. The van der Waals surface area contributed by atoms with Crippen LogP contribution < -0.4 is 10.2 Å². The van der Waals surface area contributed by atoms with Crippen molar-refractivity contribution in [2.24, 2.45) is 11.8 Å². The number of rotatable bonds is 4. The Morgan fingerprint density at radius 2 is 1.53 bits per heavy atom. The highest BCUT2D eigenvalue weighted by Gasteiger charge is 2.50. The Morgan fingerprint density at radius 1 is 0.824 bits per heavy atom. The zero-order valence-electron chi connectivity index (χ0n) is 18.2. The van der Waals surface area contributed by atoms with Gasteiger partial charge >= 0.3 is 0 Å². The molecule has 5 rings (SSSR count). The van der Waals surface area contributed by atoms with Crippen LogP contribution in [0.5, 0.6) is 0 Å². The summed E-state index contributed by atoms with van der Waals surface area (Å²) in [5.74, 6) is -0.972. The second-order valence-electron chi connectivity index (χ2n) is 8.75. The number of hydrogen-bond acceptors (Lipinski definition) is 3. The molecule has 1 heterocycles. The van der Waals surface area contributed by atoms with Crippen molar-refractivity contribution in [1.82, 2.24) is 0 Å². The van der Waals surface area contributed by atoms with Crippen LogP contribution in [0.2, 0.25) is 10.0 Å². The van der Waals surface area contributed by atoms with Crippen LogP contribution in [-0.2, 0) is 9.59 Å². The van der Waals surface area contributed by atoms with Gasteiger partial charge in [-0.3, -0.25) is 19.3 Å². The van der Waals surface area contributed by atoms with Gasteiger partial charge in [0.2, 0.25) is 11.8 Å². The minimum absolute atomic E-state index is 0.149. The van der Waals surface area contributed by atoms with E-state index in [2.05, 4.69) is 17.4 Å². The van der Waals surface area contributed by atoms with E-state index >= 15 is 0 Å². The van der Waals surface area contributed by atoms with Gasteiger partial charge in [-0.25, -0.2) is 0 Å². The molecule has 1 saturated heterocycles. The van der Waals surface area contributed by atoms with Crippen molar-refractivity contribution < 1.29 is 14.4 Å². The normalized spacial score (nSPS) is 21.9. The SMILES string of the molecule is O=C(Nc1cccc(Cl)c1Cl)c1ccc(N2C(=O)[C@H]3C[C@H](c4ccccc4)CC[C@H]3C2=O)cc1. The van der Waals surface area contributed by atoms with Gasteiger partial charge in [0.05, 0.1) is 33.3 Å². The Hall–Kier alpha value is -3.15. The lowest BCUT2D eigenvalue weighted by molar-refractivity contribution is -0.122. The first-order valence-corrected chi connectivity index (χ1v) is 12.0. The Bertz CT molecular complexity index is 1260. The maximum Gasteiger partial charge on any atom is 0.255 e. The molecule has 3 aromatic carbocycles. The number of hydrogen-bond donors (Lipinski definition) is 1. The number of anilines is 2. The third-order valence-electron chi connectivity index (χ3n) is 6.78. The largest absolute Gasteiger partial charge is 0.321 e. The summed E-state index contributed by atoms with van der Waals surface area (Å²) < 4.78 is 0. The Morgan fingerprint density at radius 3 is 2.26 bits per heavy atom. The van der Waals surface area contributed by atoms with E-state index in [0.29, 0.717) is 34.8 Å². The molecule has 3 atom stereocenters. The van der Waals surface area contributed by atoms with Crippen LogP contribution in [0.1, 0.15) is 41.1 Å². The quantitative estimate of drug-likeness (QED) is 0.433. The van der Waals surface area contributed by atoms with Crippen molar-refractivity contribution >= 4 is 52.3 Å². The lowest BCUT2D eigenvalue weighted by Gasteiger charge is -2.28. The molecule has 0 bridgehead atoms. The van der Waals surface area contributed by atoms with E-state index < -0.39 is 0 Å². The van der Waals surface area contributed by atoms with Crippen LogP contribution in [0.4, 0.5) is 11.4 Å². The van der Waals surface area contributed by atoms with Crippen molar-refractivity contribution in [3.8, 4) is 0 Å². The molecule has 1 N–H and O–H groups in total. The zero-order chi connectivity index (χ0) is 23.8. The van der Waals surface area contributed by atoms with Gasteiger partial charge in [-0.05, 0) is 67.1 Å². The highest BCUT2D eigenvalue weighted by molar-refractivity contribution is 6.44. The molecule has 3 amide bonds. The summed E-state index contributed by atoms with van der Waals surface area (Å²) in [6.07, 6.45) is 2.27. The van der Waals surface area contributed by atoms with Crippen molar-refractivity contribution in [2.45, 2.75) is 25.2 Å². The van der Waals surface area contributed by atoms with E-state index in [1.54, 1.807) is 42.5 Å². The van der Waals surface area contributed by atoms with Crippen LogP contribution in [0, 0.1) is 11.8 Å². The van der Waals surface area contributed by atoms with Gasteiger partial charge in [-0.15, -0.1) is 0 Å². The van der Waals surface area contributed by atoms with E-state index in [1.807, 2.05) is 18.2 Å². The molecule has 0 radical (unpaired) electrons. The number of benzene rings is 3. The maximum absolute atomic E-state index is 13.3. The first-order chi connectivity index (χ1) is 16.4. The minimum atomic E-state index is -0.367. The predicted molar refractivity (Wildman–Crippen MR) is 133 cm³/mol. The molecule has 0 spiro atoms. The molecule has 0 aromatic heterocycles. The van der Waals surface area contributed by atoms with Gasteiger partial charge in [0.1, 0.15) is 0 Å². The van der Waals surface area contributed by atoms with Gasteiger partial charge in [0.25, 0.3) is 5.91 Å². The summed E-state index contributed by atoms with van der Waals surface area (Å²) in [5, 5.41) is 3.34. The molecule has 2 fully saturated rings. The van der Waals surface area contributed by atoms with Gasteiger partial charge in [-0.2, -0.15) is 0 Å². The number of nitrogens with one attached hydrogen (secondary N) is 1. The van der Waals surface area contributed by atoms with E-state index in [9.17, 15) is 14.4 Å². The van der Waals surface area contributed by atoms with E-state index in [-0.39, 0.29) is 40.5 Å². The van der Waals surface area contributed by atoms with E-state index in [4.69, 9.17) is 23.2 Å². The Balaban J connectivity index is 1.31. The number of fused-ring (bicyclic) bond motifs is 1. The molecule has 3 aromatic rings. The van der Waals surface area contributed by atoms with Crippen molar-refractivity contribution in [1.29, 1.82) is 0 Å². The maximum atomic E-state index is 13.3. The average Bonchev–Trinajstić information content (AvgIpc) is 3.12. The first-order valence-electron chi connectivity index (χ1n) is 11.2. The van der Waals surface area contributed by atoms with Gasteiger partial charge in [0, 0.05) is 5.56 Å². The Kier molecular flexibility index (Phi) is 6.15. The zero-order valence-corrected chi connectivity index (χ0v) is 19.7. The minimum Gasteiger partial charge on any atom is -0.321 e. The number of amides is 3. The molecular weight excluding hydrogens is 471 g/mol. The molecule has 1 aliphatic carbocycles. The second-order valence-corrected chi connectivity index (χ2v) is 9.53. The van der Waals surface area contributed by atoms with Crippen molar-refractivity contribution in [2.75, 3.05) is 10.2 Å². The van der Waals surface area contributed by atoms with E-state index in [0.717, 1.165) is 6.42 Å². The molecule has 7 heteroatoms. The second kappa shape index (κ2) is 9.24. The van der Waals surface area contributed by atoms with E-state index in [1.165, 1.54) is 10.5 Å². The van der Waals surface area contributed by atoms with Crippen molar-refractivity contribution in [3.63, 3.8) is 0 Å². The number of nitrogens with zero attached hydrogens (tertiary/aromatic N) is 1. The van der Waals surface area contributed by atoms with Gasteiger partial charge < -0.3 is 5.32 Å². The Labute approximate surface area is 207 Å². The standard InChI is InChI=1S/C27H22Cl2N2O3/c28-22-7-4-8-23(24(22)29)30-25(32)17-9-12-19(13-10-17)31-26(33)20-14-11-18(15-21(20)27(31)34)16-5-2-1-3-6-16/h1-10,12-13,18,20-21H,11,14-15H2,(H,30,32)/t18-,20-,21+/m1/s1. The summed E-state index contributed by atoms with van der Waals surface area (Å²) in [4.78, 5) is 40.3. The number of carbonyl (C=O) groups is 3. The predicted octanol–water partition coefficient (Wildman–Crippen LogP) is 6.32. The summed E-state index contributed by atoms with van der Waals surface area (Å²) in [7, 11) is 0. The average molecular weight is 493 g/mol. The summed E-state index contributed by atoms with van der Waals surface area (Å²) in [5.41, 5.74) is 2.48. The molecule has 34 heavy (non-hydrogen) atoms. The monoisotopic (exact) mass is 492 g/mol.